The smallest absolute Gasteiger partial charge is 0.338 e. The van der Waals surface area contributed by atoms with Crippen LogP contribution in [-0.2, 0) is 14.2 Å². The van der Waals surface area contributed by atoms with E-state index < -0.39 is 0 Å². The standard InChI is InChI=1S/C15H21ClO4/c1-2-3-8-18-9-10-19-11-12-20-15(17)13-4-6-14(16)7-5-13/h4-7H,2-3,8-12H2,1H3. The molecule has 0 fully saturated rings. The number of ether oxygens (including phenoxy) is 3. The van der Waals surface area contributed by atoms with E-state index in [2.05, 4.69) is 6.92 Å². The number of carbonyl (C=O) groups is 1. The minimum Gasteiger partial charge on any atom is -0.460 e. The van der Waals surface area contributed by atoms with Crippen LogP contribution in [0, 0.1) is 0 Å². The van der Waals surface area contributed by atoms with Crippen molar-refractivity contribution in [1.29, 1.82) is 0 Å². The van der Waals surface area contributed by atoms with Gasteiger partial charge in [-0.25, -0.2) is 4.79 Å². The molecule has 0 saturated heterocycles. The number of rotatable bonds is 10. The Morgan fingerprint density at radius 1 is 1.00 bits per heavy atom. The van der Waals surface area contributed by atoms with Gasteiger partial charge < -0.3 is 14.2 Å². The molecule has 0 bridgehead atoms. The molecule has 112 valence electrons. The summed E-state index contributed by atoms with van der Waals surface area (Å²) in [6.07, 6.45) is 2.19. The second-order valence-corrected chi connectivity index (χ2v) is 4.66. The third-order valence-electron chi connectivity index (χ3n) is 2.55. The molecule has 0 aliphatic heterocycles. The Balaban J connectivity index is 2.01. The van der Waals surface area contributed by atoms with E-state index in [1.807, 2.05) is 0 Å². The number of unbranched alkanes of at least 4 members (excludes halogenated alkanes) is 1. The number of hydrogen-bond donors (Lipinski definition) is 0. The van der Waals surface area contributed by atoms with Crippen LogP contribution >= 0.6 is 11.6 Å². The molecule has 0 saturated carbocycles. The van der Waals surface area contributed by atoms with Crippen LogP contribution < -0.4 is 0 Å². The van der Waals surface area contributed by atoms with Gasteiger partial charge in [0, 0.05) is 11.6 Å². The van der Waals surface area contributed by atoms with E-state index in [1.165, 1.54) is 0 Å². The lowest BCUT2D eigenvalue weighted by molar-refractivity contribution is 0.0143. The average Bonchev–Trinajstić information content (AvgIpc) is 2.46. The largest absolute Gasteiger partial charge is 0.460 e. The molecule has 0 unspecified atom stereocenters. The molecule has 0 aliphatic rings. The summed E-state index contributed by atoms with van der Waals surface area (Å²) >= 11 is 5.74. The van der Waals surface area contributed by atoms with Crippen molar-refractivity contribution in [2.45, 2.75) is 19.8 Å². The lowest BCUT2D eigenvalue weighted by Gasteiger charge is -2.07. The van der Waals surface area contributed by atoms with Gasteiger partial charge in [-0.2, -0.15) is 0 Å². The maximum atomic E-state index is 11.6. The highest BCUT2D eigenvalue weighted by Crippen LogP contribution is 2.10. The monoisotopic (exact) mass is 300 g/mol. The first-order chi connectivity index (χ1) is 9.74. The van der Waals surface area contributed by atoms with Gasteiger partial charge in [-0.15, -0.1) is 0 Å². The van der Waals surface area contributed by atoms with Gasteiger partial charge in [0.05, 0.1) is 25.4 Å². The fraction of sp³-hybridized carbons (Fsp3) is 0.533. The summed E-state index contributed by atoms with van der Waals surface area (Å²) in [6.45, 7) is 4.58. The minimum absolute atomic E-state index is 0.233. The van der Waals surface area contributed by atoms with Gasteiger partial charge in [-0.3, -0.25) is 0 Å². The van der Waals surface area contributed by atoms with Gasteiger partial charge in [0.1, 0.15) is 6.61 Å². The summed E-state index contributed by atoms with van der Waals surface area (Å²) in [6, 6.07) is 6.57. The third-order valence-corrected chi connectivity index (χ3v) is 2.81. The minimum atomic E-state index is -0.371. The molecular weight excluding hydrogens is 280 g/mol. The molecule has 0 N–H and O–H groups in total. The van der Waals surface area contributed by atoms with Crippen molar-refractivity contribution in [2.75, 3.05) is 33.0 Å². The molecule has 1 aromatic carbocycles. The molecule has 1 aromatic rings. The first kappa shape index (κ1) is 17.0. The Hall–Kier alpha value is -1.10. The fourth-order valence-electron chi connectivity index (χ4n) is 1.43. The third kappa shape index (κ3) is 7.48. The van der Waals surface area contributed by atoms with Gasteiger partial charge in [0.15, 0.2) is 0 Å². The van der Waals surface area contributed by atoms with Crippen LogP contribution in [0.15, 0.2) is 24.3 Å². The van der Waals surface area contributed by atoms with Crippen LogP contribution in [0.5, 0.6) is 0 Å². The lowest BCUT2D eigenvalue weighted by Crippen LogP contribution is -2.13. The molecule has 5 heteroatoms. The van der Waals surface area contributed by atoms with Gasteiger partial charge >= 0.3 is 5.97 Å². The fourth-order valence-corrected chi connectivity index (χ4v) is 1.56. The van der Waals surface area contributed by atoms with Crippen LogP contribution in [0.25, 0.3) is 0 Å². The second-order valence-electron chi connectivity index (χ2n) is 4.22. The zero-order valence-electron chi connectivity index (χ0n) is 11.8. The van der Waals surface area contributed by atoms with Crippen molar-refractivity contribution < 1.29 is 19.0 Å². The first-order valence-electron chi connectivity index (χ1n) is 6.82. The zero-order chi connectivity index (χ0) is 14.6. The van der Waals surface area contributed by atoms with Crippen molar-refractivity contribution in [3.63, 3.8) is 0 Å². The summed E-state index contributed by atoms with van der Waals surface area (Å²) in [5.74, 6) is -0.371. The van der Waals surface area contributed by atoms with Crippen molar-refractivity contribution >= 4 is 17.6 Å². The Kier molecular flexibility index (Phi) is 9.04. The molecular formula is C15H21ClO4. The Bertz CT molecular complexity index is 378. The second kappa shape index (κ2) is 10.7. The Morgan fingerprint density at radius 3 is 2.25 bits per heavy atom. The molecule has 20 heavy (non-hydrogen) atoms. The number of hydrogen-bond acceptors (Lipinski definition) is 4. The van der Waals surface area contributed by atoms with Crippen LogP contribution in [-0.4, -0.2) is 39.0 Å². The Labute approximate surface area is 125 Å². The van der Waals surface area contributed by atoms with Gasteiger partial charge in [-0.05, 0) is 30.7 Å². The van der Waals surface area contributed by atoms with Gasteiger partial charge in [0.25, 0.3) is 0 Å². The van der Waals surface area contributed by atoms with Crippen LogP contribution in [0.2, 0.25) is 5.02 Å². The number of benzene rings is 1. The maximum absolute atomic E-state index is 11.6. The van der Waals surface area contributed by atoms with E-state index in [9.17, 15) is 4.79 Å². The molecule has 0 spiro atoms. The molecule has 0 heterocycles. The molecule has 1 rings (SSSR count). The van der Waals surface area contributed by atoms with E-state index in [-0.39, 0.29) is 12.6 Å². The predicted molar refractivity (Wildman–Crippen MR) is 78.3 cm³/mol. The highest BCUT2D eigenvalue weighted by molar-refractivity contribution is 6.30. The van der Waals surface area contributed by atoms with E-state index in [0.29, 0.717) is 30.4 Å². The number of esters is 1. The summed E-state index contributed by atoms with van der Waals surface area (Å²) in [7, 11) is 0. The molecule has 0 aliphatic carbocycles. The zero-order valence-corrected chi connectivity index (χ0v) is 12.5. The summed E-state index contributed by atoms with van der Waals surface area (Å²) in [5, 5.41) is 0.591. The van der Waals surface area contributed by atoms with Crippen LogP contribution in [0.4, 0.5) is 0 Å². The predicted octanol–water partition coefficient (Wildman–Crippen LogP) is 3.33. The van der Waals surface area contributed by atoms with Crippen LogP contribution in [0.1, 0.15) is 30.1 Å². The van der Waals surface area contributed by atoms with Crippen LogP contribution in [0.3, 0.4) is 0 Å². The van der Waals surface area contributed by atoms with E-state index in [1.54, 1.807) is 24.3 Å². The summed E-state index contributed by atoms with van der Waals surface area (Å²) in [4.78, 5) is 11.6. The normalized spacial score (nSPS) is 10.5. The van der Waals surface area contributed by atoms with Crippen molar-refractivity contribution in [2.24, 2.45) is 0 Å². The maximum Gasteiger partial charge on any atom is 0.338 e. The quantitative estimate of drug-likeness (QED) is 0.491. The molecule has 0 amide bonds. The number of carbonyl (C=O) groups excluding carboxylic acids is 1. The lowest BCUT2D eigenvalue weighted by atomic mass is 10.2. The Morgan fingerprint density at radius 2 is 1.60 bits per heavy atom. The topological polar surface area (TPSA) is 44.8 Å². The van der Waals surface area contributed by atoms with Crippen molar-refractivity contribution in [1.82, 2.24) is 0 Å². The first-order valence-corrected chi connectivity index (χ1v) is 7.20. The average molecular weight is 301 g/mol. The summed E-state index contributed by atoms with van der Waals surface area (Å²) in [5.41, 5.74) is 0.484. The SMILES string of the molecule is CCCCOCCOCCOC(=O)c1ccc(Cl)cc1. The van der Waals surface area contributed by atoms with E-state index in [4.69, 9.17) is 25.8 Å². The van der Waals surface area contributed by atoms with E-state index in [0.717, 1.165) is 19.4 Å². The highest BCUT2D eigenvalue weighted by atomic mass is 35.5. The summed E-state index contributed by atoms with van der Waals surface area (Å²) < 4.78 is 15.7. The van der Waals surface area contributed by atoms with E-state index >= 15 is 0 Å². The number of halogens is 1. The molecule has 0 radical (unpaired) electrons. The molecule has 4 nitrogen and oxygen atoms in total. The van der Waals surface area contributed by atoms with Crippen molar-refractivity contribution in [3.05, 3.63) is 34.9 Å². The van der Waals surface area contributed by atoms with Crippen molar-refractivity contribution in [3.8, 4) is 0 Å². The molecule has 0 atom stereocenters. The highest BCUT2D eigenvalue weighted by Gasteiger charge is 2.06. The van der Waals surface area contributed by atoms with Gasteiger partial charge in [0.2, 0.25) is 0 Å². The molecule has 0 aromatic heterocycles. The van der Waals surface area contributed by atoms with Gasteiger partial charge in [-0.1, -0.05) is 24.9 Å².